The SMILES string of the molecule is Clc1ccc2c(Cl)ccnc2c1.NCCNc1ccnc2cc(Cl)ccc12. The fourth-order valence-electron chi connectivity index (χ4n) is 2.57. The van der Waals surface area contributed by atoms with E-state index in [4.69, 9.17) is 40.5 Å². The minimum absolute atomic E-state index is 0.609. The first-order valence-corrected chi connectivity index (χ1v) is 9.40. The average Bonchev–Trinajstić information content (AvgIpc) is 2.66. The number of pyridine rings is 2. The molecule has 0 atom stereocenters. The number of aromatic nitrogens is 2. The molecule has 2 aromatic carbocycles. The van der Waals surface area contributed by atoms with Gasteiger partial charge in [-0.2, -0.15) is 0 Å². The largest absolute Gasteiger partial charge is 0.383 e. The summed E-state index contributed by atoms with van der Waals surface area (Å²) in [6.07, 6.45) is 3.43. The molecule has 0 spiro atoms. The number of fused-ring (bicyclic) bond motifs is 2. The number of benzene rings is 2. The number of rotatable bonds is 3. The van der Waals surface area contributed by atoms with Gasteiger partial charge in [0.2, 0.25) is 0 Å². The Bertz CT molecular complexity index is 1070. The zero-order valence-corrected chi connectivity index (χ0v) is 16.6. The van der Waals surface area contributed by atoms with Crippen molar-refractivity contribution in [2.75, 3.05) is 18.4 Å². The van der Waals surface area contributed by atoms with E-state index < -0.39 is 0 Å². The summed E-state index contributed by atoms with van der Waals surface area (Å²) in [6.45, 7) is 1.36. The molecule has 0 aliphatic rings. The first kappa shape index (κ1) is 19.6. The first-order valence-electron chi connectivity index (χ1n) is 8.26. The van der Waals surface area contributed by atoms with E-state index in [0.29, 0.717) is 21.6 Å². The van der Waals surface area contributed by atoms with Crippen molar-refractivity contribution in [3.05, 3.63) is 76.0 Å². The van der Waals surface area contributed by atoms with Crippen LogP contribution in [-0.4, -0.2) is 23.1 Å². The second-order valence-corrected chi connectivity index (χ2v) is 6.97. The summed E-state index contributed by atoms with van der Waals surface area (Å²) in [5.41, 5.74) is 8.21. The lowest BCUT2D eigenvalue weighted by Crippen LogP contribution is -2.13. The van der Waals surface area contributed by atoms with Gasteiger partial charge in [0.15, 0.2) is 0 Å². The highest BCUT2D eigenvalue weighted by Gasteiger charge is 2.01. The molecule has 0 amide bonds. The van der Waals surface area contributed by atoms with E-state index in [0.717, 1.165) is 34.0 Å². The van der Waals surface area contributed by atoms with Gasteiger partial charge in [-0.1, -0.05) is 34.8 Å². The molecule has 138 valence electrons. The number of halogens is 3. The molecule has 4 rings (SSSR count). The van der Waals surface area contributed by atoms with Crippen molar-refractivity contribution in [1.29, 1.82) is 0 Å². The summed E-state index contributed by atoms with van der Waals surface area (Å²) < 4.78 is 0. The van der Waals surface area contributed by atoms with Crippen molar-refractivity contribution < 1.29 is 0 Å². The van der Waals surface area contributed by atoms with Crippen LogP contribution in [0.1, 0.15) is 0 Å². The zero-order chi connectivity index (χ0) is 19.2. The molecule has 0 saturated heterocycles. The van der Waals surface area contributed by atoms with Gasteiger partial charge < -0.3 is 11.1 Å². The topological polar surface area (TPSA) is 63.8 Å². The molecule has 0 bridgehead atoms. The third kappa shape index (κ3) is 4.99. The van der Waals surface area contributed by atoms with Gasteiger partial charge in [-0.05, 0) is 48.5 Å². The van der Waals surface area contributed by atoms with Crippen LogP contribution in [0.4, 0.5) is 5.69 Å². The van der Waals surface area contributed by atoms with E-state index in [1.165, 1.54) is 0 Å². The van der Waals surface area contributed by atoms with Gasteiger partial charge in [0, 0.05) is 52.0 Å². The van der Waals surface area contributed by atoms with Gasteiger partial charge in [-0.15, -0.1) is 0 Å². The molecule has 0 saturated carbocycles. The molecule has 4 nitrogen and oxygen atoms in total. The number of nitrogens with two attached hydrogens (primary N) is 1. The summed E-state index contributed by atoms with van der Waals surface area (Å²) in [5.74, 6) is 0. The Morgan fingerprint density at radius 1 is 0.778 bits per heavy atom. The molecule has 4 aromatic rings. The summed E-state index contributed by atoms with van der Waals surface area (Å²) in [7, 11) is 0. The van der Waals surface area contributed by atoms with Gasteiger partial charge in [-0.25, -0.2) is 0 Å². The van der Waals surface area contributed by atoms with Gasteiger partial charge in [0.25, 0.3) is 0 Å². The minimum Gasteiger partial charge on any atom is -0.383 e. The summed E-state index contributed by atoms with van der Waals surface area (Å²) >= 11 is 17.6. The summed E-state index contributed by atoms with van der Waals surface area (Å²) in [6, 6.07) is 14.8. The fraction of sp³-hybridized carbons (Fsp3) is 0.100. The van der Waals surface area contributed by atoms with E-state index in [2.05, 4.69) is 15.3 Å². The van der Waals surface area contributed by atoms with Gasteiger partial charge in [-0.3, -0.25) is 9.97 Å². The van der Waals surface area contributed by atoms with Crippen LogP contribution in [0.15, 0.2) is 60.9 Å². The van der Waals surface area contributed by atoms with Crippen LogP contribution in [-0.2, 0) is 0 Å². The molecule has 2 aromatic heterocycles. The average molecular weight is 420 g/mol. The third-order valence-corrected chi connectivity index (χ3v) is 4.62. The highest BCUT2D eigenvalue weighted by Crippen LogP contribution is 2.24. The maximum Gasteiger partial charge on any atom is 0.0737 e. The van der Waals surface area contributed by atoms with Crippen LogP contribution in [0.25, 0.3) is 21.8 Å². The second-order valence-electron chi connectivity index (χ2n) is 5.69. The molecule has 3 N–H and O–H groups in total. The predicted octanol–water partition coefficient (Wildman–Crippen LogP) is 5.80. The lowest BCUT2D eigenvalue weighted by molar-refractivity contribution is 1.03. The first-order chi connectivity index (χ1) is 13.1. The van der Waals surface area contributed by atoms with Gasteiger partial charge >= 0.3 is 0 Å². The molecule has 2 heterocycles. The standard InChI is InChI=1S/C11H12ClN3.C9H5Cl2N/c12-8-1-2-9-10(15-6-4-13)3-5-14-11(9)7-8;10-6-1-2-7-8(11)3-4-12-9(7)5-6/h1-3,5,7H,4,6,13H2,(H,14,15);1-5H. The Hall–Kier alpha value is -2.11. The molecule has 0 aliphatic carbocycles. The van der Waals surface area contributed by atoms with Crippen LogP contribution in [0, 0.1) is 0 Å². The van der Waals surface area contributed by atoms with Crippen LogP contribution >= 0.6 is 34.8 Å². The van der Waals surface area contributed by atoms with Crippen molar-refractivity contribution in [2.24, 2.45) is 5.73 Å². The molecule has 0 unspecified atom stereocenters. The number of nitrogens with zero attached hydrogens (tertiary/aromatic N) is 2. The smallest absolute Gasteiger partial charge is 0.0737 e. The molecule has 0 radical (unpaired) electrons. The Morgan fingerprint density at radius 3 is 2.04 bits per heavy atom. The number of anilines is 1. The predicted molar refractivity (Wildman–Crippen MR) is 116 cm³/mol. The van der Waals surface area contributed by atoms with E-state index in [1.807, 2.05) is 30.3 Å². The number of nitrogens with one attached hydrogen (secondary N) is 1. The lowest BCUT2D eigenvalue weighted by atomic mass is 10.2. The van der Waals surface area contributed by atoms with Gasteiger partial charge in [0.05, 0.1) is 16.1 Å². The van der Waals surface area contributed by atoms with E-state index in [9.17, 15) is 0 Å². The van der Waals surface area contributed by atoms with E-state index in [-0.39, 0.29) is 0 Å². The van der Waals surface area contributed by atoms with Crippen LogP contribution in [0.3, 0.4) is 0 Å². The molecule has 27 heavy (non-hydrogen) atoms. The number of hydrogen-bond acceptors (Lipinski definition) is 4. The highest BCUT2D eigenvalue weighted by molar-refractivity contribution is 6.36. The van der Waals surface area contributed by atoms with Crippen molar-refractivity contribution in [3.63, 3.8) is 0 Å². The zero-order valence-electron chi connectivity index (χ0n) is 14.3. The van der Waals surface area contributed by atoms with Crippen molar-refractivity contribution in [2.45, 2.75) is 0 Å². The van der Waals surface area contributed by atoms with Gasteiger partial charge in [0.1, 0.15) is 0 Å². The molecule has 0 aliphatic heterocycles. The van der Waals surface area contributed by atoms with E-state index >= 15 is 0 Å². The fourth-order valence-corrected chi connectivity index (χ4v) is 3.12. The Morgan fingerprint density at radius 2 is 1.37 bits per heavy atom. The monoisotopic (exact) mass is 418 g/mol. The third-order valence-electron chi connectivity index (χ3n) is 3.82. The maximum atomic E-state index is 5.93. The summed E-state index contributed by atoms with van der Waals surface area (Å²) in [4.78, 5) is 8.39. The van der Waals surface area contributed by atoms with Crippen LogP contribution in [0.2, 0.25) is 15.1 Å². The Kier molecular flexibility index (Phi) is 6.69. The molecular formula is C20H17Cl3N4. The normalized spacial score (nSPS) is 10.5. The van der Waals surface area contributed by atoms with Crippen molar-refractivity contribution >= 4 is 62.3 Å². The number of hydrogen-bond donors (Lipinski definition) is 2. The van der Waals surface area contributed by atoms with Crippen molar-refractivity contribution in [3.8, 4) is 0 Å². The molecular weight excluding hydrogens is 403 g/mol. The van der Waals surface area contributed by atoms with Crippen LogP contribution < -0.4 is 11.1 Å². The molecule has 0 fully saturated rings. The second kappa shape index (κ2) is 9.20. The highest BCUT2D eigenvalue weighted by atomic mass is 35.5. The summed E-state index contributed by atoms with van der Waals surface area (Å²) in [5, 5.41) is 7.33. The van der Waals surface area contributed by atoms with Crippen LogP contribution in [0.5, 0.6) is 0 Å². The minimum atomic E-state index is 0.609. The molecule has 7 heteroatoms. The maximum absolute atomic E-state index is 5.93. The van der Waals surface area contributed by atoms with E-state index in [1.54, 1.807) is 30.6 Å². The van der Waals surface area contributed by atoms with Crippen molar-refractivity contribution in [1.82, 2.24) is 9.97 Å². The lowest BCUT2D eigenvalue weighted by Gasteiger charge is -2.07. The Labute approximate surface area is 172 Å². The Balaban J connectivity index is 0.000000159. The quantitative estimate of drug-likeness (QED) is 0.440.